The lowest BCUT2D eigenvalue weighted by molar-refractivity contribution is -0.147. The number of hydrogen-bond acceptors (Lipinski definition) is 4. The van der Waals surface area contributed by atoms with Gasteiger partial charge in [0.25, 0.3) is 0 Å². The summed E-state index contributed by atoms with van der Waals surface area (Å²) in [6, 6.07) is 16.8. The first kappa shape index (κ1) is 17.6. The highest BCUT2D eigenvalue weighted by molar-refractivity contribution is 5.71. The highest BCUT2D eigenvalue weighted by Crippen LogP contribution is 2.24. The van der Waals surface area contributed by atoms with Gasteiger partial charge in [-0.25, -0.2) is 4.79 Å². The summed E-state index contributed by atoms with van der Waals surface area (Å²) in [4.78, 5) is 11.8. The summed E-state index contributed by atoms with van der Waals surface area (Å²) in [6.45, 7) is 6.32. The molecular weight excluding hydrogens is 302 g/mol. The minimum absolute atomic E-state index is 0.0644. The van der Waals surface area contributed by atoms with Gasteiger partial charge in [-0.3, -0.25) is 0 Å². The largest absolute Gasteiger partial charge is 0.482 e. The molecule has 0 bridgehead atoms. The molecule has 2 aromatic carbocycles. The fourth-order valence-electron chi connectivity index (χ4n) is 2.15. The predicted molar refractivity (Wildman–Crippen MR) is 91.6 cm³/mol. The maximum absolute atomic E-state index is 11.8. The summed E-state index contributed by atoms with van der Waals surface area (Å²) < 4.78 is 10.6. The van der Waals surface area contributed by atoms with Crippen molar-refractivity contribution < 1.29 is 14.3 Å². The second kappa shape index (κ2) is 7.65. The van der Waals surface area contributed by atoms with Crippen LogP contribution in [-0.4, -0.2) is 12.6 Å². The van der Waals surface area contributed by atoms with E-state index in [1.54, 1.807) is 24.3 Å². The fourth-order valence-corrected chi connectivity index (χ4v) is 2.15. The number of carbonyl (C=O) groups excluding carboxylic acids is 1. The van der Waals surface area contributed by atoms with E-state index in [2.05, 4.69) is 26.8 Å². The van der Waals surface area contributed by atoms with Gasteiger partial charge in [0.05, 0.1) is 11.6 Å². The van der Waals surface area contributed by atoms with Gasteiger partial charge in [0.2, 0.25) is 0 Å². The Kier molecular flexibility index (Phi) is 5.59. The van der Waals surface area contributed by atoms with Crippen LogP contribution in [0.25, 0.3) is 0 Å². The zero-order valence-electron chi connectivity index (χ0n) is 14.2. The van der Waals surface area contributed by atoms with Crippen LogP contribution in [-0.2, 0) is 21.6 Å². The Morgan fingerprint density at radius 1 is 1.08 bits per heavy atom. The van der Waals surface area contributed by atoms with Crippen molar-refractivity contribution in [2.24, 2.45) is 0 Å². The minimum atomic E-state index is -0.470. The number of ether oxygens (including phenoxy) is 2. The van der Waals surface area contributed by atoms with E-state index in [1.165, 1.54) is 5.56 Å². The smallest absolute Gasteiger partial charge is 0.344 e. The molecule has 2 rings (SSSR count). The third-order valence-corrected chi connectivity index (χ3v) is 3.60. The molecule has 0 saturated heterocycles. The lowest BCUT2D eigenvalue weighted by atomic mass is 9.87. The van der Waals surface area contributed by atoms with Crippen LogP contribution in [0.3, 0.4) is 0 Å². The number of esters is 1. The SMILES string of the molecule is CC(C)(C)c1ccc(OCC(=O)OCc2ccccc2C#N)cc1. The van der Waals surface area contributed by atoms with E-state index in [0.29, 0.717) is 16.9 Å². The molecule has 2 aromatic rings. The van der Waals surface area contributed by atoms with Gasteiger partial charge in [0.1, 0.15) is 12.4 Å². The van der Waals surface area contributed by atoms with Gasteiger partial charge < -0.3 is 9.47 Å². The predicted octanol–water partition coefficient (Wildman–Crippen LogP) is 3.98. The van der Waals surface area contributed by atoms with Crippen LogP contribution in [0.1, 0.15) is 37.5 Å². The maximum Gasteiger partial charge on any atom is 0.344 e. The molecule has 0 aromatic heterocycles. The Morgan fingerprint density at radius 2 is 1.75 bits per heavy atom. The van der Waals surface area contributed by atoms with Gasteiger partial charge in [-0.05, 0) is 29.2 Å². The van der Waals surface area contributed by atoms with Crippen molar-refractivity contribution in [2.45, 2.75) is 32.8 Å². The molecule has 24 heavy (non-hydrogen) atoms. The quantitative estimate of drug-likeness (QED) is 0.781. The van der Waals surface area contributed by atoms with Gasteiger partial charge in [-0.1, -0.05) is 51.1 Å². The summed E-state index contributed by atoms with van der Waals surface area (Å²) in [5.74, 6) is 0.153. The third kappa shape index (κ3) is 4.85. The zero-order valence-corrected chi connectivity index (χ0v) is 14.2. The van der Waals surface area contributed by atoms with E-state index < -0.39 is 5.97 Å². The van der Waals surface area contributed by atoms with Crippen LogP contribution in [0.4, 0.5) is 0 Å². The van der Waals surface area contributed by atoms with Crippen molar-refractivity contribution in [3.05, 3.63) is 65.2 Å². The molecule has 0 heterocycles. The molecule has 0 aliphatic rings. The van der Waals surface area contributed by atoms with Crippen molar-refractivity contribution in [1.29, 1.82) is 5.26 Å². The van der Waals surface area contributed by atoms with E-state index in [1.807, 2.05) is 24.3 Å². The second-order valence-corrected chi connectivity index (χ2v) is 6.49. The zero-order chi connectivity index (χ0) is 17.6. The summed E-state index contributed by atoms with van der Waals surface area (Å²) in [6.07, 6.45) is 0. The summed E-state index contributed by atoms with van der Waals surface area (Å²) in [7, 11) is 0. The van der Waals surface area contributed by atoms with Crippen molar-refractivity contribution in [3.8, 4) is 11.8 Å². The van der Waals surface area contributed by atoms with Crippen LogP contribution < -0.4 is 4.74 Å². The van der Waals surface area contributed by atoms with Crippen LogP contribution in [0.2, 0.25) is 0 Å². The van der Waals surface area contributed by atoms with E-state index >= 15 is 0 Å². The van der Waals surface area contributed by atoms with Gasteiger partial charge in [-0.15, -0.1) is 0 Å². The highest BCUT2D eigenvalue weighted by Gasteiger charge is 2.13. The van der Waals surface area contributed by atoms with Crippen molar-refractivity contribution >= 4 is 5.97 Å². The molecule has 0 aliphatic heterocycles. The van der Waals surface area contributed by atoms with E-state index in [-0.39, 0.29) is 18.6 Å². The summed E-state index contributed by atoms with van der Waals surface area (Å²) >= 11 is 0. The highest BCUT2D eigenvalue weighted by atomic mass is 16.6. The molecule has 0 spiro atoms. The fraction of sp³-hybridized carbons (Fsp3) is 0.300. The van der Waals surface area contributed by atoms with Gasteiger partial charge >= 0.3 is 5.97 Å². The Morgan fingerprint density at radius 3 is 2.38 bits per heavy atom. The molecule has 0 saturated carbocycles. The monoisotopic (exact) mass is 323 g/mol. The first-order chi connectivity index (χ1) is 11.4. The van der Waals surface area contributed by atoms with Crippen LogP contribution in [0.15, 0.2) is 48.5 Å². The first-order valence-corrected chi connectivity index (χ1v) is 7.77. The Hall–Kier alpha value is -2.80. The van der Waals surface area contributed by atoms with Crippen LogP contribution in [0, 0.1) is 11.3 Å². The summed E-state index contributed by atoms with van der Waals surface area (Å²) in [5.41, 5.74) is 2.46. The number of nitrogens with zero attached hydrogens (tertiary/aromatic N) is 1. The maximum atomic E-state index is 11.8. The molecule has 4 nitrogen and oxygen atoms in total. The molecule has 4 heteroatoms. The minimum Gasteiger partial charge on any atom is -0.482 e. The number of benzene rings is 2. The standard InChI is InChI=1S/C20H21NO3/c1-20(2,3)17-8-10-18(11-9-17)23-14-19(22)24-13-16-7-5-4-6-15(16)12-21/h4-11H,13-14H2,1-3H3. The summed E-state index contributed by atoms with van der Waals surface area (Å²) in [5, 5.41) is 9.00. The van der Waals surface area contributed by atoms with E-state index in [4.69, 9.17) is 14.7 Å². The molecule has 0 radical (unpaired) electrons. The van der Waals surface area contributed by atoms with Crippen molar-refractivity contribution in [3.63, 3.8) is 0 Å². The van der Waals surface area contributed by atoms with Gasteiger partial charge in [0, 0.05) is 5.56 Å². The molecular formula is C20H21NO3. The van der Waals surface area contributed by atoms with Crippen LogP contribution in [0.5, 0.6) is 5.75 Å². The van der Waals surface area contributed by atoms with Crippen molar-refractivity contribution in [2.75, 3.05) is 6.61 Å². The second-order valence-electron chi connectivity index (χ2n) is 6.49. The lowest BCUT2D eigenvalue weighted by Gasteiger charge is -2.19. The molecule has 0 atom stereocenters. The number of nitriles is 1. The van der Waals surface area contributed by atoms with E-state index in [0.717, 1.165) is 0 Å². The molecule has 0 amide bonds. The van der Waals surface area contributed by atoms with Gasteiger partial charge in [0.15, 0.2) is 6.61 Å². The third-order valence-electron chi connectivity index (χ3n) is 3.60. The lowest BCUT2D eigenvalue weighted by Crippen LogP contribution is -2.15. The Balaban J connectivity index is 1.84. The van der Waals surface area contributed by atoms with Crippen LogP contribution >= 0.6 is 0 Å². The Labute approximate surface area is 142 Å². The molecule has 124 valence electrons. The normalized spacial score (nSPS) is 10.8. The molecule has 0 unspecified atom stereocenters. The topological polar surface area (TPSA) is 59.3 Å². The number of rotatable bonds is 5. The average Bonchev–Trinajstić information content (AvgIpc) is 2.58. The average molecular weight is 323 g/mol. The van der Waals surface area contributed by atoms with Gasteiger partial charge in [-0.2, -0.15) is 5.26 Å². The molecule has 0 N–H and O–H groups in total. The Bertz CT molecular complexity index is 737. The molecule has 0 fully saturated rings. The molecule has 0 aliphatic carbocycles. The number of hydrogen-bond donors (Lipinski definition) is 0. The first-order valence-electron chi connectivity index (χ1n) is 7.77. The van der Waals surface area contributed by atoms with E-state index in [9.17, 15) is 4.79 Å². The van der Waals surface area contributed by atoms with Crippen molar-refractivity contribution in [1.82, 2.24) is 0 Å². The number of carbonyl (C=O) groups is 1.